The Bertz CT molecular complexity index is 468. The van der Waals surface area contributed by atoms with Crippen molar-refractivity contribution in [3.8, 4) is 0 Å². The van der Waals surface area contributed by atoms with Crippen molar-refractivity contribution in [3.05, 3.63) is 35.4 Å². The Labute approximate surface area is 147 Å². The molecule has 0 aromatic heterocycles. The fraction of sp³-hybridized carbons (Fsp3) is 0.588. The molecule has 5 heteroatoms. The lowest BCUT2D eigenvalue weighted by Gasteiger charge is -2.21. The first-order chi connectivity index (χ1) is 10.2. The van der Waals surface area contributed by atoms with Crippen LogP contribution in [0.25, 0.3) is 0 Å². The summed E-state index contributed by atoms with van der Waals surface area (Å²) in [6.45, 7) is 10.6. The van der Waals surface area contributed by atoms with Gasteiger partial charge in [0.15, 0.2) is 0 Å². The molecule has 1 amide bonds. The summed E-state index contributed by atoms with van der Waals surface area (Å²) in [5.41, 5.74) is 2.03. The Morgan fingerprint density at radius 1 is 1.27 bits per heavy atom. The molecule has 0 radical (unpaired) electrons. The van der Waals surface area contributed by atoms with Gasteiger partial charge in [-0.2, -0.15) is 0 Å². The number of hydrogen-bond donors (Lipinski definition) is 1. The van der Waals surface area contributed by atoms with Gasteiger partial charge >= 0.3 is 6.09 Å². The molecular formula is C17H26INO3. The third-order valence-corrected chi connectivity index (χ3v) is 4.48. The fourth-order valence-electron chi connectivity index (χ4n) is 1.80. The minimum absolute atomic E-state index is 0.0562. The predicted molar refractivity (Wildman–Crippen MR) is 97.6 cm³/mol. The largest absolute Gasteiger partial charge is 0.444 e. The molecule has 1 aromatic carbocycles. The first kappa shape index (κ1) is 19.2. The van der Waals surface area contributed by atoms with Crippen LogP contribution in [0.2, 0.25) is 0 Å². The molecule has 0 aliphatic heterocycles. The Morgan fingerprint density at radius 3 is 2.41 bits per heavy atom. The van der Waals surface area contributed by atoms with E-state index in [1.54, 1.807) is 0 Å². The number of ether oxygens (including phenoxy) is 2. The third-order valence-electron chi connectivity index (χ3n) is 3.04. The van der Waals surface area contributed by atoms with Crippen LogP contribution in [0.1, 0.15) is 44.7 Å². The van der Waals surface area contributed by atoms with Gasteiger partial charge in [0.05, 0.1) is 6.61 Å². The highest BCUT2D eigenvalue weighted by atomic mass is 127. The Kier molecular flexibility index (Phi) is 7.62. The number of nitrogens with one attached hydrogen (secondary N) is 1. The van der Waals surface area contributed by atoms with Gasteiger partial charge in [-0.15, -0.1) is 0 Å². The highest BCUT2D eigenvalue weighted by Gasteiger charge is 2.17. The van der Waals surface area contributed by atoms with Crippen molar-refractivity contribution in [2.45, 2.75) is 50.2 Å². The third kappa shape index (κ3) is 7.45. The molecule has 0 fully saturated rings. The van der Waals surface area contributed by atoms with Crippen LogP contribution in [0.15, 0.2) is 24.3 Å². The Hall–Kier alpha value is -0.820. The van der Waals surface area contributed by atoms with Gasteiger partial charge in [-0.3, -0.25) is 0 Å². The van der Waals surface area contributed by atoms with Crippen LogP contribution in [0, 0.1) is 6.92 Å². The molecule has 2 atom stereocenters. The van der Waals surface area contributed by atoms with Crippen molar-refractivity contribution in [2.75, 3.05) is 13.2 Å². The van der Waals surface area contributed by atoms with Crippen LogP contribution in [0.4, 0.5) is 4.79 Å². The molecule has 0 saturated carbocycles. The van der Waals surface area contributed by atoms with Gasteiger partial charge in [0.1, 0.15) is 9.71 Å². The van der Waals surface area contributed by atoms with Crippen molar-refractivity contribution in [3.63, 3.8) is 0 Å². The number of benzene rings is 1. The summed E-state index contributed by atoms with van der Waals surface area (Å²) in [7, 11) is 0. The van der Waals surface area contributed by atoms with Crippen LogP contribution >= 0.6 is 22.6 Å². The number of amides is 1. The maximum absolute atomic E-state index is 11.5. The topological polar surface area (TPSA) is 47.6 Å². The standard InChI is InChI=1S/C17H26INO3/c1-12-6-8-14(9-7-12)13(2)15(18)21-11-10-19-16(20)22-17(3,4)5/h6-9,13,15H,10-11H2,1-5H3,(H,19,20). The quantitative estimate of drug-likeness (QED) is 0.423. The lowest BCUT2D eigenvalue weighted by atomic mass is 10.0. The van der Waals surface area contributed by atoms with Crippen LogP contribution < -0.4 is 5.32 Å². The Morgan fingerprint density at radius 2 is 1.86 bits per heavy atom. The summed E-state index contributed by atoms with van der Waals surface area (Å²) in [4.78, 5) is 11.5. The number of carbonyl (C=O) groups is 1. The molecule has 4 nitrogen and oxygen atoms in total. The van der Waals surface area contributed by atoms with Gasteiger partial charge in [-0.25, -0.2) is 4.79 Å². The normalized spacial score (nSPS) is 14.3. The average molecular weight is 419 g/mol. The molecule has 0 spiro atoms. The first-order valence-corrected chi connectivity index (χ1v) is 8.72. The highest BCUT2D eigenvalue weighted by molar-refractivity contribution is 14.1. The molecule has 124 valence electrons. The van der Waals surface area contributed by atoms with E-state index in [1.807, 2.05) is 20.8 Å². The van der Waals surface area contributed by atoms with Crippen molar-refractivity contribution in [1.29, 1.82) is 0 Å². The lowest BCUT2D eigenvalue weighted by molar-refractivity contribution is 0.0489. The minimum Gasteiger partial charge on any atom is -0.444 e. The summed E-state index contributed by atoms with van der Waals surface area (Å²) in [5.74, 6) is 0.294. The maximum atomic E-state index is 11.5. The molecule has 2 unspecified atom stereocenters. The van der Waals surface area contributed by atoms with E-state index >= 15 is 0 Å². The van der Waals surface area contributed by atoms with E-state index < -0.39 is 11.7 Å². The zero-order chi connectivity index (χ0) is 16.8. The van der Waals surface area contributed by atoms with Crippen molar-refractivity contribution >= 4 is 28.7 Å². The van der Waals surface area contributed by atoms with Crippen LogP contribution in [0.3, 0.4) is 0 Å². The van der Waals surface area contributed by atoms with Gasteiger partial charge < -0.3 is 14.8 Å². The van der Waals surface area contributed by atoms with Crippen LogP contribution in [0.5, 0.6) is 0 Å². The summed E-state index contributed by atoms with van der Waals surface area (Å²) in [5, 5.41) is 2.69. The molecule has 0 saturated heterocycles. The molecule has 1 N–H and O–H groups in total. The second kappa shape index (κ2) is 8.72. The highest BCUT2D eigenvalue weighted by Crippen LogP contribution is 2.26. The van der Waals surface area contributed by atoms with E-state index in [0.29, 0.717) is 19.1 Å². The second-order valence-electron chi connectivity index (χ2n) is 6.35. The van der Waals surface area contributed by atoms with Gasteiger partial charge in [0.2, 0.25) is 0 Å². The number of carbonyl (C=O) groups excluding carboxylic acids is 1. The minimum atomic E-state index is -0.476. The SMILES string of the molecule is Cc1ccc(C(C)C(I)OCCNC(=O)OC(C)(C)C)cc1. The van der Waals surface area contributed by atoms with E-state index in [4.69, 9.17) is 9.47 Å². The van der Waals surface area contributed by atoms with E-state index in [0.717, 1.165) is 0 Å². The number of halogens is 1. The number of hydrogen-bond acceptors (Lipinski definition) is 3. The number of rotatable bonds is 6. The van der Waals surface area contributed by atoms with Crippen LogP contribution in [-0.2, 0) is 9.47 Å². The molecule has 0 heterocycles. The summed E-state index contributed by atoms with van der Waals surface area (Å²) < 4.78 is 11.0. The zero-order valence-corrected chi connectivity index (χ0v) is 16.1. The smallest absolute Gasteiger partial charge is 0.407 e. The van der Waals surface area contributed by atoms with E-state index in [9.17, 15) is 4.79 Å². The lowest BCUT2D eigenvalue weighted by Crippen LogP contribution is -2.34. The van der Waals surface area contributed by atoms with E-state index in [-0.39, 0.29) is 4.11 Å². The fourth-order valence-corrected chi connectivity index (χ4v) is 2.47. The van der Waals surface area contributed by atoms with Crippen molar-refractivity contribution in [1.82, 2.24) is 5.32 Å². The molecule has 1 aromatic rings. The monoisotopic (exact) mass is 419 g/mol. The molecule has 0 aliphatic carbocycles. The summed E-state index contributed by atoms with van der Waals surface area (Å²) in [6.07, 6.45) is -0.410. The second-order valence-corrected chi connectivity index (χ2v) is 7.58. The number of alkyl halides is 1. The predicted octanol–water partition coefficient (Wildman–Crippen LogP) is 4.40. The van der Waals surface area contributed by atoms with Gasteiger partial charge in [0.25, 0.3) is 0 Å². The number of aryl methyl sites for hydroxylation is 1. The average Bonchev–Trinajstić information content (AvgIpc) is 2.41. The summed E-state index contributed by atoms with van der Waals surface area (Å²) in [6, 6.07) is 8.49. The van der Waals surface area contributed by atoms with E-state index in [2.05, 4.69) is 66.0 Å². The maximum Gasteiger partial charge on any atom is 0.407 e. The van der Waals surface area contributed by atoms with Crippen LogP contribution in [-0.4, -0.2) is 29.0 Å². The zero-order valence-electron chi connectivity index (χ0n) is 14.0. The van der Waals surface area contributed by atoms with E-state index in [1.165, 1.54) is 11.1 Å². The molecule has 0 aliphatic rings. The number of alkyl carbamates (subject to hydrolysis) is 1. The van der Waals surface area contributed by atoms with Gasteiger partial charge in [-0.05, 0) is 33.3 Å². The summed E-state index contributed by atoms with van der Waals surface area (Å²) >= 11 is 2.29. The molecule has 22 heavy (non-hydrogen) atoms. The van der Waals surface area contributed by atoms with Gasteiger partial charge in [-0.1, -0.05) is 59.3 Å². The van der Waals surface area contributed by atoms with Crippen molar-refractivity contribution < 1.29 is 14.3 Å². The molecule has 1 rings (SSSR count). The molecule has 0 bridgehead atoms. The molecular weight excluding hydrogens is 393 g/mol. The Balaban J connectivity index is 2.29. The first-order valence-electron chi connectivity index (χ1n) is 7.48. The van der Waals surface area contributed by atoms with Gasteiger partial charge in [0, 0.05) is 12.5 Å². The van der Waals surface area contributed by atoms with Crippen molar-refractivity contribution in [2.24, 2.45) is 0 Å².